The van der Waals surface area contributed by atoms with Gasteiger partial charge in [-0.05, 0) is 19.4 Å². The summed E-state index contributed by atoms with van der Waals surface area (Å²) < 4.78 is 0. The van der Waals surface area contributed by atoms with Crippen LogP contribution in [0.2, 0.25) is 0 Å². The van der Waals surface area contributed by atoms with E-state index in [2.05, 4.69) is 17.4 Å². The number of carbonyl (C=O) groups excluding carboxylic acids is 1. The molecular formula is C17H26N2O2. The van der Waals surface area contributed by atoms with Crippen LogP contribution in [-0.4, -0.2) is 16.8 Å². The number of anilines is 1. The van der Waals surface area contributed by atoms with Gasteiger partial charge in [-0.1, -0.05) is 62.4 Å². The van der Waals surface area contributed by atoms with E-state index >= 15 is 0 Å². The quantitative estimate of drug-likeness (QED) is 0.303. The third-order valence-corrected chi connectivity index (χ3v) is 3.50. The maximum absolute atomic E-state index is 12.0. The fourth-order valence-corrected chi connectivity index (χ4v) is 2.24. The summed E-state index contributed by atoms with van der Waals surface area (Å²) in [6, 6.07) is 7.36. The second-order valence-corrected chi connectivity index (χ2v) is 5.30. The Kier molecular flexibility index (Phi) is 8.17. The molecule has 0 aliphatic heterocycles. The van der Waals surface area contributed by atoms with Crippen molar-refractivity contribution in [2.24, 2.45) is 5.16 Å². The molecule has 1 aromatic rings. The van der Waals surface area contributed by atoms with Crippen LogP contribution in [-0.2, 0) is 4.79 Å². The van der Waals surface area contributed by atoms with Crippen LogP contribution in [0.3, 0.4) is 0 Å². The van der Waals surface area contributed by atoms with Gasteiger partial charge in [0, 0.05) is 17.7 Å². The Morgan fingerprint density at radius 3 is 2.52 bits per heavy atom. The van der Waals surface area contributed by atoms with Crippen LogP contribution < -0.4 is 5.32 Å². The Labute approximate surface area is 127 Å². The molecule has 0 spiro atoms. The maximum Gasteiger partial charge on any atom is 0.224 e. The van der Waals surface area contributed by atoms with Gasteiger partial charge in [-0.3, -0.25) is 4.79 Å². The maximum atomic E-state index is 12.0. The Morgan fingerprint density at radius 1 is 1.14 bits per heavy atom. The van der Waals surface area contributed by atoms with E-state index < -0.39 is 0 Å². The van der Waals surface area contributed by atoms with Crippen molar-refractivity contribution in [2.75, 3.05) is 5.32 Å². The monoisotopic (exact) mass is 290 g/mol. The highest BCUT2D eigenvalue weighted by molar-refractivity contribution is 6.06. The second kappa shape index (κ2) is 9.97. The van der Waals surface area contributed by atoms with Crippen molar-refractivity contribution in [3.05, 3.63) is 29.8 Å². The summed E-state index contributed by atoms with van der Waals surface area (Å²) in [5.41, 5.74) is 1.94. The summed E-state index contributed by atoms with van der Waals surface area (Å²) in [4.78, 5) is 12.0. The topological polar surface area (TPSA) is 61.7 Å². The molecule has 0 unspecified atom stereocenters. The molecule has 0 heterocycles. The lowest BCUT2D eigenvalue weighted by Crippen LogP contribution is -2.13. The van der Waals surface area contributed by atoms with Crippen molar-refractivity contribution >= 4 is 17.3 Å². The molecule has 0 aliphatic rings. The minimum absolute atomic E-state index is 0.0173. The van der Waals surface area contributed by atoms with E-state index in [9.17, 15) is 4.79 Å². The number of hydrogen-bond acceptors (Lipinski definition) is 3. The highest BCUT2D eigenvalue weighted by Gasteiger charge is 2.08. The molecule has 1 amide bonds. The Morgan fingerprint density at radius 2 is 1.81 bits per heavy atom. The highest BCUT2D eigenvalue weighted by Crippen LogP contribution is 2.17. The van der Waals surface area contributed by atoms with Crippen molar-refractivity contribution in [3.63, 3.8) is 0 Å². The lowest BCUT2D eigenvalue weighted by atomic mass is 10.1. The van der Waals surface area contributed by atoms with Gasteiger partial charge in [-0.25, -0.2) is 0 Å². The Balaban J connectivity index is 2.41. The van der Waals surface area contributed by atoms with Gasteiger partial charge in [0.1, 0.15) is 0 Å². The van der Waals surface area contributed by atoms with Gasteiger partial charge >= 0.3 is 0 Å². The van der Waals surface area contributed by atoms with E-state index in [0.717, 1.165) is 18.4 Å². The van der Waals surface area contributed by atoms with Crippen molar-refractivity contribution in [1.29, 1.82) is 0 Å². The number of amides is 1. The zero-order valence-electron chi connectivity index (χ0n) is 13.1. The predicted octanol–water partition coefficient (Wildman–Crippen LogP) is 4.57. The summed E-state index contributed by atoms with van der Waals surface area (Å²) in [6.45, 7) is 3.90. The van der Waals surface area contributed by atoms with Crippen LogP contribution in [0.25, 0.3) is 0 Å². The molecule has 2 N–H and O–H groups in total. The number of benzene rings is 1. The molecule has 1 rings (SSSR count). The Bertz CT molecular complexity index is 470. The summed E-state index contributed by atoms with van der Waals surface area (Å²) in [5.74, 6) is 0.0173. The number of hydrogen-bond donors (Lipinski definition) is 2. The molecule has 1 aromatic carbocycles. The summed E-state index contributed by atoms with van der Waals surface area (Å²) in [5, 5.41) is 15.0. The van der Waals surface area contributed by atoms with Crippen LogP contribution in [0.1, 0.15) is 64.4 Å². The van der Waals surface area contributed by atoms with Gasteiger partial charge in [-0.2, -0.15) is 0 Å². The van der Waals surface area contributed by atoms with E-state index in [-0.39, 0.29) is 5.91 Å². The third kappa shape index (κ3) is 6.43. The highest BCUT2D eigenvalue weighted by atomic mass is 16.4. The lowest BCUT2D eigenvalue weighted by Gasteiger charge is -2.10. The molecule has 4 heteroatoms. The first-order chi connectivity index (χ1) is 10.2. The number of rotatable bonds is 9. The standard InChI is InChI=1S/C17H26N2O2/c1-3-4-5-6-7-8-13-17(20)18-16-12-10-9-11-15(16)14(2)19-21/h9-12,21H,3-8,13H2,1-2H3,(H,18,20). The third-order valence-electron chi connectivity index (χ3n) is 3.50. The molecule has 21 heavy (non-hydrogen) atoms. The molecule has 4 nitrogen and oxygen atoms in total. The zero-order valence-corrected chi connectivity index (χ0v) is 13.1. The first kappa shape index (κ1) is 17.2. The van der Waals surface area contributed by atoms with Gasteiger partial charge in [0.05, 0.1) is 5.71 Å². The molecule has 0 fully saturated rings. The van der Waals surface area contributed by atoms with Gasteiger partial charge in [0.15, 0.2) is 0 Å². The summed E-state index contributed by atoms with van der Waals surface area (Å²) >= 11 is 0. The molecule has 0 aliphatic carbocycles. The smallest absolute Gasteiger partial charge is 0.224 e. The largest absolute Gasteiger partial charge is 0.411 e. The summed E-state index contributed by atoms with van der Waals surface area (Å²) in [7, 11) is 0. The zero-order chi connectivity index (χ0) is 15.5. The predicted molar refractivity (Wildman–Crippen MR) is 87.1 cm³/mol. The fraction of sp³-hybridized carbons (Fsp3) is 0.529. The van der Waals surface area contributed by atoms with E-state index in [0.29, 0.717) is 17.8 Å². The van der Waals surface area contributed by atoms with E-state index in [4.69, 9.17) is 5.21 Å². The van der Waals surface area contributed by atoms with Crippen LogP contribution in [0.15, 0.2) is 29.4 Å². The number of unbranched alkanes of at least 4 members (excludes halogenated alkanes) is 5. The number of carbonyl (C=O) groups is 1. The lowest BCUT2D eigenvalue weighted by molar-refractivity contribution is -0.116. The number of nitrogens with zero attached hydrogens (tertiary/aromatic N) is 1. The second-order valence-electron chi connectivity index (χ2n) is 5.30. The van der Waals surface area contributed by atoms with E-state index in [1.54, 1.807) is 6.92 Å². The summed E-state index contributed by atoms with van der Waals surface area (Å²) in [6.07, 6.45) is 7.54. The van der Waals surface area contributed by atoms with Crippen LogP contribution >= 0.6 is 0 Å². The van der Waals surface area contributed by atoms with Gasteiger partial charge in [0.25, 0.3) is 0 Å². The number of para-hydroxylation sites is 1. The average molecular weight is 290 g/mol. The van der Waals surface area contributed by atoms with Crippen molar-refractivity contribution in [1.82, 2.24) is 0 Å². The molecule has 0 saturated carbocycles. The van der Waals surface area contributed by atoms with Crippen molar-refractivity contribution in [2.45, 2.75) is 58.8 Å². The minimum atomic E-state index is 0.0173. The first-order valence-corrected chi connectivity index (χ1v) is 7.77. The molecule has 0 aromatic heterocycles. The molecule has 0 bridgehead atoms. The van der Waals surface area contributed by atoms with Crippen LogP contribution in [0.5, 0.6) is 0 Å². The van der Waals surface area contributed by atoms with Crippen molar-refractivity contribution < 1.29 is 10.0 Å². The van der Waals surface area contributed by atoms with Gasteiger partial charge < -0.3 is 10.5 Å². The fourth-order valence-electron chi connectivity index (χ4n) is 2.24. The molecule has 0 saturated heterocycles. The Hall–Kier alpha value is -1.84. The molecular weight excluding hydrogens is 264 g/mol. The SMILES string of the molecule is CCCCCCCCC(=O)Nc1ccccc1C(C)=NO. The van der Waals surface area contributed by atoms with Gasteiger partial charge in [0.2, 0.25) is 5.91 Å². The number of oxime groups is 1. The molecule has 0 atom stereocenters. The molecule has 0 radical (unpaired) electrons. The van der Waals surface area contributed by atoms with Crippen LogP contribution in [0.4, 0.5) is 5.69 Å². The van der Waals surface area contributed by atoms with Gasteiger partial charge in [-0.15, -0.1) is 0 Å². The van der Waals surface area contributed by atoms with E-state index in [1.807, 2.05) is 24.3 Å². The van der Waals surface area contributed by atoms with E-state index in [1.165, 1.54) is 25.7 Å². The van der Waals surface area contributed by atoms with Crippen LogP contribution in [0, 0.1) is 0 Å². The number of nitrogens with one attached hydrogen (secondary N) is 1. The van der Waals surface area contributed by atoms with Crippen molar-refractivity contribution in [3.8, 4) is 0 Å². The molecule has 116 valence electrons. The normalized spacial score (nSPS) is 11.4. The average Bonchev–Trinajstić information content (AvgIpc) is 2.50. The minimum Gasteiger partial charge on any atom is -0.411 e. The first-order valence-electron chi connectivity index (χ1n) is 7.77.